The molecule has 0 spiro atoms. The van der Waals surface area contributed by atoms with Crippen molar-refractivity contribution in [3.05, 3.63) is 27.9 Å². The summed E-state index contributed by atoms with van der Waals surface area (Å²) in [5.74, 6) is 0.769. The Morgan fingerprint density at radius 3 is 2.59 bits per heavy atom. The fourth-order valence-corrected chi connectivity index (χ4v) is 1.55. The summed E-state index contributed by atoms with van der Waals surface area (Å²) in [6, 6.07) is 1.95. The van der Waals surface area contributed by atoms with Crippen LogP contribution in [0.3, 0.4) is 0 Å². The summed E-state index contributed by atoms with van der Waals surface area (Å²) in [4.78, 5) is 18.8. The fraction of sp³-hybridized carbons (Fsp3) is 0.692. The van der Waals surface area contributed by atoms with E-state index in [1.807, 2.05) is 0 Å². The number of aromatic amines is 1. The molecule has 0 amide bonds. The van der Waals surface area contributed by atoms with Crippen molar-refractivity contribution in [2.75, 3.05) is 0 Å². The van der Waals surface area contributed by atoms with Gasteiger partial charge in [0.05, 0.1) is 5.69 Å². The van der Waals surface area contributed by atoms with Crippen molar-refractivity contribution >= 4 is 0 Å². The largest absolute Gasteiger partial charge is 0.311 e. The lowest BCUT2D eigenvalue weighted by Crippen LogP contribution is -2.25. The summed E-state index contributed by atoms with van der Waals surface area (Å²) in [6.45, 7) is 11.2. The van der Waals surface area contributed by atoms with E-state index in [4.69, 9.17) is 0 Å². The molecule has 0 aliphatic rings. The zero-order valence-electron chi connectivity index (χ0n) is 11.4. The number of nitrogens with zero attached hydrogens (tertiary/aromatic N) is 1. The molecule has 1 rings (SSSR count). The van der Waals surface area contributed by atoms with Crippen molar-refractivity contribution in [3.63, 3.8) is 0 Å². The Kier molecular flexibility index (Phi) is 4.46. The van der Waals surface area contributed by atoms with Crippen molar-refractivity contribution in [1.29, 1.82) is 0 Å². The standard InChI is InChI=1S/C13H23N3O/c1-9(2)14-8-10-6-12(17)16-11(15-10)7-13(3,4)5/h6,9,14H,7-8H2,1-5H3,(H,15,16,17). The molecule has 96 valence electrons. The lowest BCUT2D eigenvalue weighted by molar-refractivity contribution is 0.399. The smallest absolute Gasteiger partial charge is 0.251 e. The van der Waals surface area contributed by atoms with Gasteiger partial charge < -0.3 is 10.3 Å². The molecule has 4 nitrogen and oxygen atoms in total. The predicted octanol–water partition coefficient (Wildman–Crippen LogP) is 1.86. The first-order chi connectivity index (χ1) is 7.76. The first kappa shape index (κ1) is 13.9. The molecule has 0 aliphatic heterocycles. The Morgan fingerprint density at radius 1 is 1.41 bits per heavy atom. The van der Waals surface area contributed by atoms with Gasteiger partial charge in [-0.25, -0.2) is 4.98 Å². The maximum Gasteiger partial charge on any atom is 0.251 e. The van der Waals surface area contributed by atoms with Crippen LogP contribution < -0.4 is 10.9 Å². The molecule has 0 fully saturated rings. The molecule has 1 aromatic rings. The van der Waals surface area contributed by atoms with Crippen LogP contribution >= 0.6 is 0 Å². The Morgan fingerprint density at radius 2 is 2.06 bits per heavy atom. The Bertz CT molecular complexity index is 415. The minimum atomic E-state index is -0.0696. The first-order valence-electron chi connectivity index (χ1n) is 6.09. The number of aromatic nitrogens is 2. The highest BCUT2D eigenvalue weighted by molar-refractivity contribution is 5.04. The number of hydrogen-bond donors (Lipinski definition) is 2. The van der Waals surface area contributed by atoms with Crippen molar-refractivity contribution in [2.45, 2.75) is 53.6 Å². The molecule has 0 radical (unpaired) electrons. The molecule has 0 aliphatic carbocycles. The van der Waals surface area contributed by atoms with Gasteiger partial charge in [-0.15, -0.1) is 0 Å². The van der Waals surface area contributed by atoms with Crippen LogP contribution in [0.25, 0.3) is 0 Å². The fourth-order valence-electron chi connectivity index (χ4n) is 1.55. The van der Waals surface area contributed by atoms with Gasteiger partial charge in [0.2, 0.25) is 0 Å². The number of nitrogens with one attached hydrogen (secondary N) is 2. The third kappa shape index (κ3) is 5.63. The average molecular weight is 237 g/mol. The maximum absolute atomic E-state index is 11.5. The quantitative estimate of drug-likeness (QED) is 0.840. The summed E-state index contributed by atoms with van der Waals surface area (Å²) < 4.78 is 0. The van der Waals surface area contributed by atoms with Crippen molar-refractivity contribution in [3.8, 4) is 0 Å². The van der Waals surface area contributed by atoms with E-state index in [1.54, 1.807) is 6.07 Å². The molecule has 0 atom stereocenters. The van der Waals surface area contributed by atoms with E-state index in [0.717, 1.165) is 17.9 Å². The normalized spacial score (nSPS) is 12.1. The Balaban J connectivity index is 2.83. The lowest BCUT2D eigenvalue weighted by atomic mass is 9.92. The van der Waals surface area contributed by atoms with Gasteiger partial charge in [0.15, 0.2) is 0 Å². The van der Waals surface area contributed by atoms with Crippen LogP contribution in [0.5, 0.6) is 0 Å². The van der Waals surface area contributed by atoms with Crippen LogP contribution in [0.15, 0.2) is 10.9 Å². The van der Waals surface area contributed by atoms with E-state index >= 15 is 0 Å². The lowest BCUT2D eigenvalue weighted by Gasteiger charge is -2.17. The Hall–Kier alpha value is -1.16. The van der Waals surface area contributed by atoms with E-state index in [-0.39, 0.29) is 11.0 Å². The van der Waals surface area contributed by atoms with Gasteiger partial charge >= 0.3 is 0 Å². The van der Waals surface area contributed by atoms with Gasteiger partial charge in [-0.3, -0.25) is 4.79 Å². The van der Waals surface area contributed by atoms with Crippen molar-refractivity contribution in [2.24, 2.45) is 5.41 Å². The molecule has 2 N–H and O–H groups in total. The van der Waals surface area contributed by atoms with Gasteiger partial charge in [0.1, 0.15) is 5.82 Å². The van der Waals surface area contributed by atoms with Crippen LogP contribution in [0.1, 0.15) is 46.1 Å². The van der Waals surface area contributed by atoms with Crippen LogP contribution in [0.4, 0.5) is 0 Å². The van der Waals surface area contributed by atoms with Crippen molar-refractivity contribution < 1.29 is 0 Å². The second-order valence-corrected chi connectivity index (χ2v) is 5.96. The summed E-state index contributed by atoms with van der Waals surface area (Å²) in [7, 11) is 0. The second kappa shape index (κ2) is 5.45. The highest BCUT2D eigenvalue weighted by atomic mass is 16.1. The number of rotatable bonds is 4. The molecule has 4 heteroatoms. The molecule has 0 aromatic carbocycles. The van der Waals surface area contributed by atoms with Gasteiger partial charge in [0.25, 0.3) is 5.56 Å². The van der Waals surface area contributed by atoms with Crippen LogP contribution in [0.2, 0.25) is 0 Å². The van der Waals surface area contributed by atoms with E-state index < -0.39 is 0 Å². The van der Waals surface area contributed by atoms with Crippen LogP contribution in [0, 0.1) is 5.41 Å². The second-order valence-electron chi connectivity index (χ2n) is 5.96. The third-order valence-electron chi connectivity index (χ3n) is 2.23. The first-order valence-corrected chi connectivity index (χ1v) is 6.09. The molecule has 0 saturated carbocycles. The zero-order chi connectivity index (χ0) is 13.1. The molecule has 17 heavy (non-hydrogen) atoms. The summed E-state index contributed by atoms with van der Waals surface area (Å²) in [6.07, 6.45) is 0.776. The minimum Gasteiger partial charge on any atom is -0.311 e. The van der Waals surface area contributed by atoms with Crippen molar-refractivity contribution in [1.82, 2.24) is 15.3 Å². The summed E-state index contributed by atoms with van der Waals surface area (Å²) in [5, 5.41) is 3.26. The van der Waals surface area contributed by atoms with Gasteiger partial charge in [0, 0.05) is 25.1 Å². The van der Waals surface area contributed by atoms with Crippen LogP contribution in [-0.2, 0) is 13.0 Å². The minimum absolute atomic E-state index is 0.0696. The molecule has 1 aromatic heterocycles. The van der Waals surface area contributed by atoms with Crippen LogP contribution in [-0.4, -0.2) is 16.0 Å². The predicted molar refractivity (Wildman–Crippen MR) is 70.0 cm³/mol. The van der Waals surface area contributed by atoms with E-state index in [1.165, 1.54) is 0 Å². The van der Waals surface area contributed by atoms with E-state index in [0.29, 0.717) is 12.6 Å². The van der Waals surface area contributed by atoms with E-state index in [9.17, 15) is 4.79 Å². The van der Waals surface area contributed by atoms with E-state index in [2.05, 4.69) is 49.9 Å². The maximum atomic E-state index is 11.5. The average Bonchev–Trinajstić information content (AvgIpc) is 2.10. The molecule has 0 bridgehead atoms. The molecular formula is C13H23N3O. The number of hydrogen-bond acceptors (Lipinski definition) is 3. The molecule has 0 saturated heterocycles. The monoisotopic (exact) mass is 237 g/mol. The highest BCUT2D eigenvalue weighted by Crippen LogP contribution is 2.17. The SMILES string of the molecule is CC(C)NCc1cc(=O)[nH]c(CC(C)(C)C)n1. The third-order valence-corrected chi connectivity index (χ3v) is 2.23. The summed E-state index contributed by atoms with van der Waals surface area (Å²) in [5.41, 5.74) is 0.863. The number of H-pyrrole nitrogens is 1. The van der Waals surface area contributed by atoms with Gasteiger partial charge in [-0.05, 0) is 5.41 Å². The van der Waals surface area contributed by atoms with Gasteiger partial charge in [-0.2, -0.15) is 0 Å². The highest BCUT2D eigenvalue weighted by Gasteiger charge is 2.13. The van der Waals surface area contributed by atoms with Gasteiger partial charge in [-0.1, -0.05) is 34.6 Å². The topological polar surface area (TPSA) is 57.8 Å². The summed E-state index contributed by atoms with van der Waals surface area (Å²) >= 11 is 0. The molecular weight excluding hydrogens is 214 g/mol. The molecule has 1 heterocycles. The molecule has 0 unspecified atom stereocenters. The zero-order valence-corrected chi connectivity index (χ0v) is 11.4. The Labute approximate surface area is 103 Å².